The lowest BCUT2D eigenvalue weighted by atomic mass is 10.1. The van der Waals surface area contributed by atoms with Crippen molar-refractivity contribution in [3.8, 4) is 0 Å². The summed E-state index contributed by atoms with van der Waals surface area (Å²) in [5.41, 5.74) is 0.967. The normalized spacial score (nSPS) is 14.5. The Morgan fingerprint density at radius 3 is 2.46 bits per heavy atom. The SMILES string of the molecule is CCOCCCN1C(=O)C(O)=C(c2ccc(NC(C)=O)cc2)C1=O. The second-order valence-corrected chi connectivity index (χ2v) is 5.29. The summed E-state index contributed by atoms with van der Waals surface area (Å²) >= 11 is 0. The first-order valence-corrected chi connectivity index (χ1v) is 7.71. The van der Waals surface area contributed by atoms with Crippen LogP contribution in [0.15, 0.2) is 30.0 Å². The van der Waals surface area contributed by atoms with E-state index in [1.807, 2.05) is 6.92 Å². The highest BCUT2D eigenvalue weighted by Gasteiger charge is 2.38. The third-order valence-corrected chi connectivity index (χ3v) is 3.51. The lowest BCUT2D eigenvalue weighted by Crippen LogP contribution is -2.33. The van der Waals surface area contributed by atoms with Crippen LogP contribution in [0.25, 0.3) is 5.57 Å². The zero-order chi connectivity index (χ0) is 17.7. The Morgan fingerprint density at radius 1 is 1.21 bits per heavy atom. The topological polar surface area (TPSA) is 95.9 Å². The van der Waals surface area contributed by atoms with Crippen molar-refractivity contribution in [3.05, 3.63) is 35.6 Å². The summed E-state index contributed by atoms with van der Waals surface area (Å²) in [7, 11) is 0. The largest absolute Gasteiger partial charge is 0.502 e. The number of nitrogens with one attached hydrogen (secondary N) is 1. The first kappa shape index (κ1) is 17.7. The molecule has 24 heavy (non-hydrogen) atoms. The van der Waals surface area contributed by atoms with Crippen LogP contribution in [-0.2, 0) is 19.1 Å². The van der Waals surface area contributed by atoms with Gasteiger partial charge in [-0.15, -0.1) is 0 Å². The predicted molar refractivity (Wildman–Crippen MR) is 88.1 cm³/mol. The van der Waals surface area contributed by atoms with Gasteiger partial charge in [0.15, 0.2) is 5.76 Å². The number of aliphatic hydroxyl groups is 1. The van der Waals surface area contributed by atoms with Gasteiger partial charge in [-0.1, -0.05) is 12.1 Å². The minimum absolute atomic E-state index is 0.0224. The van der Waals surface area contributed by atoms with E-state index in [1.165, 1.54) is 6.92 Å². The number of hydrogen-bond acceptors (Lipinski definition) is 5. The Labute approximate surface area is 139 Å². The summed E-state index contributed by atoms with van der Waals surface area (Å²) in [6.45, 7) is 4.45. The van der Waals surface area contributed by atoms with Gasteiger partial charge in [-0.25, -0.2) is 0 Å². The lowest BCUT2D eigenvalue weighted by Gasteiger charge is -2.14. The van der Waals surface area contributed by atoms with Crippen LogP contribution < -0.4 is 5.32 Å². The number of carbonyl (C=O) groups excluding carboxylic acids is 3. The Balaban J connectivity index is 2.13. The van der Waals surface area contributed by atoms with Gasteiger partial charge in [-0.2, -0.15) is 0 Å². The molecule has 3 amide bonds. The number of imide groups is 1. The molecule has 0 saturated heterocycles. The molecule has 128 valence electrons. The average molecular weight is 332 g/mol. The molecule has 1 aliphatic rings. The van der Waals surface area contributed by atoms with E-state index in [0.29, 0.717) is 30.9 Å². The van der Waals surface area contributed by atoms with Gasteiger partial charge >= 0.3 is 0 Å². The zero-order valence-corrected chi connectivity index (χ0v) is 13.7. The van der Waals surface area contributed by atoms with Crippen molar-refractivity contribution in [1.29, 1.82) is 0 Å². The Kier molecular flexibility index (Phi) is 5.70. The highest BCUT2D eigenvalue weighted by Crippen LogP contribution is 2.28. The van der Waals surface area contributed by atoms with E-state index in [1.54, 1.807) is 24.3 Å². The first-order valence-electron chi connectivity index (χ1n) is 7.71. The highest BCUT2D eigenvalue weighted by molar-refractivity contribution is 6.34. The van der Waals surface area contributed by atoms with Crippen LogP contribution in [0.1, 0.15) is 25.8 Å². The Bertz CT molecular complexity index is 679. The van der Waals surface area contributed by atoms with Gasteiger partial charge in [-0.05, 0) is 31.0 Å². The molecule has 7 heteroatoms. The maximum absolute atomic E-state index is 12.4. The molecule has 0 radical (unpaired) electrons. The Morgan fingerprint density at radius 2 is 1.88 bits per heavy atom. The van der Waals surface area contributed by atoms with E-state index in [4.69, 9.17) is 4.74 Å². The van der Waals surface area contributed by atoms with Crippen LogP contribution in [0.4, 0.5) is 5.69 Å². The molecule has 1 aliphatic heterocycles. The van der Waals surface area contributed by atoms with Gasteiger partial charge in [0.2, 0.25) is 5.91 Å². The molecule has 1 aromatic carbocycles. The van der Waals surface area contributed by atoms with Crippen LogP contribution in [0.2, 0.25) is 0 Å². The van der Waals surface area contributed by atoms with Crippen molar-refractivity contribution in [2.45, 2.75) is 20.3 Å². The Hall–Kier alpha value is -2.67. The standard InChI is InChI=1S/C17H20N2O5/c1-3-24-10-4-9-19-16(22)14(15(21)17(19)23)12-5-7-13(8-6-12)18-11(2)20/h5-8,21H,3-4,9-10H2,1-2H3,(H,18,20). The average Bonchev–Trinajstić information content (AvgIpc) is 2.75. The van der Waals surface area contributed by atoms with Crippen molar-refractivity contribution in [2.75, 3.05) is 25.1 Å². The van der Waals surface area contributed by atoms with Crippen molar-refractivity contribution in [2.24, 2.45) is 0 Å². The monoisotopic (exact) mass is 332 g/mol. The summed E-state index contributed by atoms with van der Waals surface area (Å²) in [5.74, 6) is -1.99. The van der Waals surface area contributed by atoms with Gasteiger partial charge in [0.1, 0.15) is 0 Å². The molecule has 1 aromatic rings. The molecular weight excluding hydrogens is 312 g/mol. The minimum atomic E-state index is -0.697. The van der Waals surface area contributed by atoms with E-state index in [9.17, 15) is 19.5 Å². The van der Waals surface area contributed by atoms with E-state index < -0.39 is 17.6 Å². The number of amides is 3. The number of nitrogens with zero attached hydrogens (tertiary/aromatic N) is 1. The number of ether oxygens (including phenoxy) is 1. The van der Waals surface area contributed by atoms with Crippen molar-refractivity contribution < 1.29 is 24.2 Å². The fraction of sp³-hybridized carbons (Fsp3) is 0.353. The first-order chi connectivity index (χ1) is 11.5. The maximum atomic E-state index is 12.4. The van der Waals surface area contributed by atoms with Crippen LogP contribution in [0, 0.1) is 0 Å². The van der Waals surface area contributed by atoms with Crippen LogP contribution in [-0.4, -0.2) is 47.5 Å². The van der Waals surface area contributed by atoms with Gasteiger partial charge in [0.05, 0.1) is 5.57 Å². The fourth-order valence-electron chi connectivity index (χ4n) is 2.42. The fourth-order valence-corrected chi connectivity index (χ4v) is 2.42. The second kappa shape index (κ2) is 7.74. The molecule has 0 aliphatic carbocycles. The summed E-state index contributed by atoms with van der Waals surface area (Å²) in [6, 6.07) is 6.36. The maximum Gasteiger partial charge on any atom is 0.296 e. The molecule has 7 nitrogen and oxygen atoms in total. The van der Waals surface area contributed by atoms with Crippen LogP contribution >= 0.6 is 0 Å². The summed E-state index contributed by atoms with van der Waals surface area (Å²) in [5, 5.41) is 12.6. The van der Waals surface area contributed by atoms with Gasteiger partial charge < -0.3 is 15.2 Å². The number of aliphatic hydroxyl groups excluding tert-OH is 1. The molecule has 0 spiro atoms. The molecular formula is C17H20N2O5. The summed E-state index contributed by atoms with van der Waals surface area (Å²) < 4.78 is 5.19. The third-order valence-electron chi connectivity index (χ3n) is 3.51. The number of carbonyl (C=O) groups is 3. The highest BCUT2D eigenvalue weighted by atomic mass is 16.5. The summed E-state index contributed by atoms with van der Waals surface area (Å²) in [6.07, 6.45) is 0.507. The van der Waals surface area contributed by atoms with Crippen molar-refractivity contribution >= 4 is 29.0 Å². The molecule has 0 unspecified atom stereocenters. The van der Waals surface area contributed by atoms with Crippen LogP contribution in [0.5, 0.6) is 0 Å². The van der Waals surface area contributed by atoms with Gasteiger partial charge in [0, 0.05) is 32.4 Å². The molecule has 0 saturated carbocycles. The van der Waals surface area contributed by atoms with E-state index in [2.05, 4.69) is 5.32 Å². The minimum Gasteiger partial charge on any atom is -0.502 e. The number of anilines is 1. The second-order valence-electron chi connectivity index (χ2n) is 5.29. The van der Waals surface area contributed by atoms with Gasteiger partial charge in [-0.3, -0.25) is 19.3 Å². The molecule has 0 aromatic heterocycles. The number of rotatable bonds is 7. The quantitative estimate of drug-likeness (QED) is 0.585. The molecule has 0 atom stereocenters. The molecule has 0 fully saturated rings. The van der Waals surface area contributed by atoms with E-state index >= 15 is 0 Å². The smallest absolute Gasteiger partial charge is 0.296 e. The molecule has 0 bridgehead atoms. The molecule has 2 rings (SSSR count). The molecule has 2 N–H and O–H groups in total. The third kappa shape index (κ3) is 3.80. The van der Waals surface area contributed by atoms with Crippen LogP contribution in [0.3, 0.4) is 0 Å². The number of hydrogen-bond donors (Lipinski definition) is 2. The van der Waals surface area contributed by atoms with E-state index in [0.717, 1.165) is 4.90 Å². The zero-order valence-electron chi connectivity index (χ0n) is 13.7. The van der Waals surface area contributed by atoms with Crippen molar-refractivity contribution in [1.82, 2.24) is 4.90 Å². The van der Waals surface area contributed by atoms with E-state index in [-0.39, 0.29) is 18.0 Å². The lowest BCUT2D eigenvalue weighted by molar-refractivity contribution is -0.138. The summed E-state index contributed by atoms with van der Waals surface area (Å²) in [4.78, 5) is 36.5. The van der Waals surface area contributed by atoms with Gasteiger partial charge in [0.25, 0.3) is 11.8 Å². The molecule has 1 heterocycles. The predicted octanol–water partition coefficient (Wildman–Crippen LogP) is 1.71. The number of benzene rings is 1. The van der Waals surface area contributed by atoms with Crippen molar-refractivity contribution in [3.63, 3.8) is 0 Å².